The minimum absolute atomic E-state index is 0.0565. The number of nitrogens with zero attached hydrogens (tertiary/aromatic N) is 3. The summed E-state index contributed by atoms with van der Waals surface area (Å²) < 4.78 is 12.8. The molecule has 0 unspecified atom stereocenters. The molecule has 0 radical (unpaired) electrons. The predicted molar refractivity (Wildman–Crippen MR) is 156 cm³/mol. The van der Waals surface area contributed by atoms with E-state index in [1.807, 2.05) is 45.0 Å². The van der Waals surface area contributed by atoms with E-state index in [1.165, 1.54) is 4.68 Å². The number of aromatic carboxylic acids is 1. The van der Waals surface area contributed by atoms with Crippen LogP contribution in [-0.2, 0) is 23.1 Å². The average Bonchev–Trinajstić information content (AvgIpc) is 3.47. The lowest BCUT2D eigenvalue weighted by atomic mass is 9.90. The van der Waals surface area contributed by atoms with Crippen LogP contribution in [0.1, 0.15) is 79.6 Å². The summed E-state index contributed by atoms with van der Waals surface area (Å²) >= 11 is 0. The van der Waals surface area contributed by atoms with Crippen molar-refractivity contribution in [3.05, 3.63) is 77.1 Å². The Morgan fingerprint density at radius 2 is 1.60 bits per heavy atom. The van der Waals surface area contributed by atoms with E-state index >= 15 is 0 Å². The number of benzene rings is 2. The van der Waals surface area contributed by atoms with E-state index in [9.17, 15) is 19.5 Å². The summed E-state index contributed by atoms with van der Waals surface area (Å²) in [6, 6.07) is 16.0. The largest absolute Gasteiger partial charge is 0.476 e. The van der Waals surface area contributed by atoms with E-state index < -0.39 is 23.8 Å². The van der Waals surface area contributed by atoms with Crippen molar-refractivity contribution in [2.45, 2.75) is 76.6 Å². The van der Waals surface area contributed by atoms with Crippen molar-refractivity contribution in [1.29, 1.82) is 0 Å². The van der Waals surface area contributed by atoms with Gasteiger partial charge in [0.05, 0.1) is 6.54 Å². The van der Waals surface area contributed by atoms with Crippen molar-refractivity contribution < 1.29 is 29.0 Å². The normalized spacial score (nSPS) is 18.1. The first-order valence-electron chi connectivity index (χ1n) is 14.4. The lowest BCUT2D eigenvalue weighted by Gasteiger charge is -2.36. The van der Waals surface area contributed by atoms with Gasteiger partial charge in [-0.3, -0.25) is 4.68 Å². The lowest BCUT2D eigenvalue weighted by Crippen LogP contribution is -2.47. The number of hydrogen-bond donors (Lipinski definition) is 2. The highest BCUT2D eigenvalue weighted by molar-refractivity contribution is 5.87. The predicted octanol–water partition coefficient (Wildman–Crippen LogP) is 5.71. The van der Waals surface area contributed by atoms with Crippen molar-refractivity contribution in [3.63, 3.8) is 0 Å². The average molecular weight is 575 g/mol. The van der Waals surface area contributed by atoms with Crippen molar-refractivity contribution in [2.24, 2.45) is 7.05 Å². The van der Waals surface area contributed by atoms with Crippen LogP contribution in [0.3, 0.4) is 0 Å². The number of carboxylic acids is 1. The van der Waals surface area contributed by atoms with Gasteiger partial charge in [0.2, 0.25) is 0 Å². The van der Waals surface area contributed by atoms with Crippen molar-refractivity contribution in [2.75, 3.05) is 6.61 Å². The molecule has 2 N–H and O–H groups in total. The number of aryl methyl sites for hydroxylation is 1. The Labute approximate surface area is 245 Å². The molecule has 1 heterocycles. The second-order valence-electron chi connectivity index (χ2n) is 12.1. The van der Waals surface area contributed by atoms with E-state index in [0.717, 1.165) is 22.3 Å². The van der Waals surface area contributed by atoms with Crippen LogP contribution in [0.25, 0.3) is 11.1 Å². The van der Waals surface area contributed by atoms with Crippen molar-refractivity contribution >= 4 is 18.2 Å². The summed E-state index contributed by atoms with van der Waals surface area (Å²) in [6.07, 6.45) is 3.20. The van der Waals surface area contributed by atoms with Gasteiger partial charge in [-0.2, -0.15) is 5.10 Å². The summed E-state index contributed by atoms with van der Waals surface area (Å²) in [5.41, 5.74) is 4.28. The Kier molecular flexibility index (Phi) is 8.24. The number of aromatic nitrogens is 2. The molecule has 42 heavy (non-hydrogen) atoms. The first-order valence-corrected chi connectivity index (χ1v) is 14.4. The van der Waals surface area contributed by atoms with Gasteiger partial charge >= 0.3 is 18.2 Å². The maximum absolute atomic E-state index is 13.8. The van der Waals surface area contributed by atoms with Gasteiger partial charge in [-0.25, -0.2) is 14.4 Å². The molecular formula is C32H38N4O6. The maximum atomic E-state index is 13.8. The fourth-order valence-electron chi connectivity index (χ4n) is 6.04. The molecule has 2 aliphatic carbocycles. The zero-order valence-electron chi connectivity index (χ0n) is 24.5. The summed E-state index contributed by atoms with van der Waals surface area (Å²) in [6.45, 7) is 5.68. The second kappa shape index (κ2) is 11.9. The topological polar surface area (TPSA) is 123 Å². The van der Waals surface area contributed by atoms with Crippen LogP contribution in [0.15, 0.2) is 54.7 Å². The number of rotatable bonds is 7. The van der Waals surface area contributed by atoms with E-state index in [4.69, 9.17) is 9.47 Å². The Morgan fingerprint density at radius 1 is 1.00 bits per heavy atom. The fraction of sp³-hybridized carbons (Fsp3) is 0.438. The van der Waals surface area contributed by atoms with Crippen molar-refractivity contribution in [3.8, 4) is 11.1 Å². The molecule has 1 aromatic heterocycles. The first kappa shape index (κ1) is 29.2. The van der Waals surface area contributed by atoms with Crippen LogP contribution in [0, 0.1) is 0 Å². The zero-order valence-corrected chi connectivity index (χ0v) is 24.5. The summed E-state index contributed by atoms with van der Waals surface area (Å²) in [7, 11) is 1.65. The molecule has 0 aliphatic heterocycles. The van der Waals surface area contributed by atoms with E-state index in [2.05, 4.69) is 34.7 Å². The minimum Gasteiger partial charge on any atom is -0.476 e. The van der Waals surface area contributed by atoms with Crippen LogP contribution in [0.5, 0.6) is 0 Å². The first-order chi connectivity index (χ1) is 20.0. The number of nitrogens with one attached hydrogen (secondary N) is 1. The Balaban J connectivity index is 1.32. The molecular weight excluding hydrogens is 536 g/mol. The number of carboxylic acid groups (broad SMARTS) is 1. The fourth-order valence-corrected chi connectivity index (χ4v) is 6.04. The molecule has 0 saturated heterocycles. The van der Waals surface area contributed by atoms with Crippen LogP contribution in [0.4, 0.5) is 9.59 Å². The number of ether oxygens (including phenoxy) is 2. The SMILES string of the molecule is Cn1cc(CN(C(=O)OCC2c3ccccc3-c3ccccc32)C2CCC(NC(=O)OC(C)(C)C)CC2)c(C(=O)O)n1. The second-order valence-corrected chi connectivity index (χ2v) is 12.1. The van der Waals surface area contributed by atoms with Crippen LogP contribution in [-0.4, -0.2) is 62.2 Å². The Hall–Kier alpha value is -4.34. The zero-order chi connectivity index (χ0) is 30.0. The highest BCUT2D eigenvalue weighted by Crippen LogP contribution is 2.44. The number of hydrogen-bond acceptors (Lipinski definition) is 6. The molecule has 5 rings (SSSR count). The highest BCUT2D eigenvalue weighted by Gasteiger charge is 2.34. The number of alkyl carbamates (subject to hydrolysis) is 1. The molecule has 1 saturated carbocycles. The smallest absolute Gasteiger partial charge is 0.410 e. The molecule has 0 bridgehead atoms. The molecule has 10 heteroatoms. The number of amides is 2. The third-order valence-electron chi connectivity index (χ3n) is 7.88. The molecule has 2 aliphatic rings. The number of fused-ring (bicyclic) bond motifs is 3. The van der Waals surface area contributed by atoms with Gasteiger partial charge in [0.1, 0.15) is 12.2 Å². The lowest BCUT2D eigenvalue weighted by molar-refractivity contribution is 0.0454. The molecule has 1 fully saturated rings. The maximum Gasteiger partial charge on any atom is 0.410 e. The van der Waals surface area contributed by atoms with Gasteiger partial charge in [0.25, 0.3) is 0 Å². The minimum atomic E-state index is -1.15. The van der Waals surface area contributed by atoms with Gasteiger partial charge in [0, 0.05) is 36.8 Å². The summed E-state index contributed by atoms with van der Waals surface area (Å²) in [5, 5.41) is 16.7. The number of carbonyl (C=O) groups excluding carboxylic acids is 2. The summed E-state index contributed by atoms with van der Waals surface area (Å²) in [4.78, 5) is 39.6. The van der Waals surface area contributed by atoms with Gasteiger partial charge in [0.15, 0.2) is 5.69 Å². The molecule has 10 nitrogen and oxygen atoms in total. The molecule has 2 aromatic carbocycles. The third kappa shape index (κ3) is 6.42. The molecule has 3 aromatic rings. The van der Waals surface area contributed by atoms with E-state index in [-0.39, 0.29) is 36.8 Å². The molecule has 222 valence electrons. The Morgan fingerprint density at radius 3 is 2.17 bits per heavy atom. The third-order valence-corrected chi connectivity index (χ3v) is 7.88. The molecule has 0 spiro atoms. The standard InChI is InChI=1S/C32H38N4O6/c1-32(2,3)42-30(39)33-21-13-15-22(16-14-21)36(18-20-17-35(4)34-28(20)29(37)38)31(40)41-19-27-25-11-7-5-9-23(25)24-10-6-8-12-26(24)27/h5-12,17,21-22,27H,13-16,18-19H2,1-4H3,(H,33,39)(H,37,38). The van der Waals surface area contributed by atoms with Gasteiger partial charge in [-0.1, -0.05) is 48.5 Å². The van der Waals surface area contributed by atoms with Crippen LogP contribution < -0.4 is 5.32 Å². The van der Waals surface area contributed by atoms with E-state index in [1.54, 1.807) is 18.1 Å². The highest BCUT2D eigenvalue weighted by atomic mass is 16.6. The van der Waals surface area contributed by atoms with Crippen molar-refractivity contribution in [1.82, 2.24) is 20.0 Å². The monoisotopic (exact) mass is 574 g/mol. The van der Waals surface area contributed by atoms with Crippen LogP contribution in [0.2, 0.25) is 0 Å². The van der Waals surface area contributed by atoms with Gasteiger partial charge in [-0.05, 0) is 68.7 Å². The molecule has 2 amide bonds. The van der Waals surface area contributed by atoms with E-state index in [0.29, 0.717) is 31.2 Å². The number of carbonyl (C=O) groups is 3. The van der Waals surface area contributed by atoms with Crippen LogP contribution >= 0.6 is 0 Å². The Bertz CT molecular complexity index is 1420. The van der Waals surface area contributed by atoms with Gasteiger partial charge in [-0.15, -0.1) is 0 Å². The quantitative estimate of drug-likeness (QED) is 0.371. The van der Waals surface area contributed by atoms with Gasteiger partial charge < -0.3 is 24.8 Å². The summed E-state index contributed by atoms with van der Waals surface area (Å²) in [5.74, 6) is -1.24. The molecule has 0 atom stereocenters.